The summed E-state index contributed by atoms with van der Waals surface area (Å²) in [5.41, 5.74) is 0.696. The molecule has 0 bridgehead atoms. The average Bonchev–Trinajstić information content (AvgIpc) is 2.81. The lowest BCUT2D eigenvalue weighted by molar-refractivity contribution is 0.0946. The van der Waals surface area contributed by atoms with E-state index in [1.807, 2.05) is 0 Å². The molecule has 0 fully saturated rings. The molecule has 0 aliphatic carbocycles. The van der Waals surface area contributed by atoms with Crippen LogP contribution in [0.15, 0.2) is 30.5 Å². The summed E-state index contributed by atoms with van der Waals surface area (Å²) in [5, 5.41) is 6.73. The predicted molar refractivity (Wildman–Crippen MR) is 67.3 cm³/mol. The van der Waals surface area contributed by atoms with Gasteiger partial charge in [0, 0.05) is 19.3 Å². The van der Waals surface area contributed by atoms with Gasteiger partial charge in [0.1, 0.15) is 11.6 Å². The maximum Gasteiger partial charge on any atom is 0.254 e. The molecule has 5 nitrogen and oxygen atoms in total. The fourth-order valence-corrected chi connectivity index (χ4v) is 1.63. The number of benzene rings is 1. The van der Waals surface area contributed by atoms with Crippen LogP contribution in [0.4, 0.5) is 4.39 Å². The number of amides is 1. The van der Waals surface area contributed by atoms with Gasteiger partial charge in [0.15, 0.2) is 0 Å². The summed E-state index contributed by atoms with van der Waals surface area (Å²) in [4.78, 5) is 11.8. The molecule has 1 amide bonds. The van der Waals surface area contributed by atoms with E-state index >= 15 is 0 Å². The molecule has 2 rings (SSSR count). The molecule has 1 aromatic heterocycles. The largest absolute Gasteiger partial charge is 0.497 e. The molecule has 0 radical (unpaired) electrons. The van der Waals surface area contributed by atoms with E-state index in [1.54, 1.807) is 30.1 Å². The summed E-state index contributed by atoms with van der Waals surface area (Å²) in [6.45, 7) is 0.255. The molecule has 0 aliphatic rings. The maximum absolute atomic E-state index is 13.7. The number of nitrogens with zero attached hydrogens (tertiary/aromatic N) is 2. The van der Waals surface area contributed by atoms with Gasteiger partial charge in [0.2, 0.25) is 0 Å². The first-order valence-electron chi connectivity index (χ1n) is 5.70. The Bertz CT molecular complexity index is 595. The topological polar surface area (TPSA) is 56.1 Å². The number of aromatic nitrogens is 2. The lowest BCUT2D eigenvalue weighted by Gasteiger charge is -2.06. The summed E-state index contributed by atoms with van der Waals surface area (Å²) in [5.74, 6) is -0.720. The van der Waals surface area contributed by atoms with E-state index in [0.717, 1.165) is 0 Å². The van der Waals surface area contributed by atoms with E-state index in [0.29, 0.717) is 11.4 Å². The van der Waals surface area contributed by atoms with Crippen molar-refractivity contribution in [1.82, 2.24) is 15.1 Å². The number of carbonyl (C=O) groups is 1. The number of hydrogen-bond donors (Lipinski definition) is 1. The highest BCUT2D eigenvalue weighted by atomic mass is 19.1. The second-order valence-electron chi connectivity index (χ2n) is 4.01. The van der Waals surface area contributed by atoms with Gasteiger partial charge in [-0.05, 0) is 18.2 Å². The molecule has 2 aromatic rings. The maximum atomic E-state index is 13.7. The van der Waals surface area contributed by atoms with Gasteiger partial charge in [0.05, 0.1) is 24.9 Å². The van der Waals surface area contributed by atoms with Crippen LogP contribution in [-0.4, -0.2) is 22.8 Å². The van der Waals surface area contributed by atoms with Crippen molar-refractivity contribution >= 4 is 5.91 Å². The zero-order valence-electron chi connectivity index (χ0n) is 10.7. The summed E-state index contributed by atoms with van der Waals surface area (Å²) in [6, 6.07) is 5.89. The average molecular weight is 263 g/mol. The fourth-order valence-electron chi connectivity index (χ4n) is 1.63. The fraction of sp³-hybridized carbons (Fsp3) is 0.231. The highest BCUT2D eigenvalue weighted by molar-refractivity contribution is 5.94. The minimum atomic E-state index is -0.613. The molecule has 100 valence electrons. The predicted octanol–water partition coefficient (Wildman–Crippen LogP) is 1.50. The number of methoxy groups -OCH3 is 1. The lowest BCUT2D eigenvalue weighted by Crippen LogP contribution is -2.24. The van der Waals surface area contributed by atoms with Crippen molar-refractivity contribution in [3.8, 4) is 5.75 Å². The Morgan fingerprint density at radius 1 is 1.47 bits per heavy atom. The van der Waals surface area contributed by atoms with Gasteiger partial charge < -0.3 is 10.1 Å². The van der Waals surface area contributed by atoms with Crippen molar-refractivity contribution in [2.24, 2.45) is 7.05 Å². The van der Waals surface area contributed by atoms with Crippen LogP contribution in [0.2, 0.25) is 0 Å². The summed E-state index contributed by atoms with van der Waals surface area (Å²) < 4.78 is 20.2. The first-order chi connectivity index (χ1) is 9.10. The number of halogens is 1. The lowest BCUT2D eigenvalue weighted by atomic mass is 10.2. The number of aryl methyl sites for hydroxylation is 1. The summed E-state index contributed by atoms with van der Waals surface area (Å²) >= 11 is 0. The normalized spacial score (nSPS) is 10.3. The summed E-state index contributed by atoms with van der Waals surface area (Å²) in [7, 11) is 3.23. The molecule has 0 atom stereocenters. The van der Waals surface area contributed by atoms with Crippen LogP contribution in [0.3, 0.4) is 0 Å². The van der Waals surface area contributed by atoms with Gasteiger partial charge in [-0.25, -0.2) is 4.39 Å². The number of ether oxygens (including phenoxy) is 1. The smallest absolute Gasteiger partial charge is 0.254 e. The number of rotatable bonds is 4. The van der Waals surface area contributed by atoms with Gasteiger partial charge in [-0.2, -0.15) is 5.10 Å². The van der Waals surface area contributed by atoms with Gasteiger partial charge in [-0.15, -0.1) is 0 Å². The van der Waals surface area contributed by atoms with Crippen LogP contribution in [0, 0.1) is 5.82 Å². The van der Waals surface area contributed by atoms with Crippen molar-refractivity contribution in [1.29, 1.82) is 0 Å². The van der Waals surface area contributed by atoms with Crippen molar-refractivity contribution in [2.75, 3.05) is 7.11 Å². The van der Waals surface area contributed by atoms with Crippen LogP contribution >= 0.6 is 0 Å². The Morgan fingerprint density at radius 3 is 2.84 bits per heavy atom. The van der Waals surface area contributed by atoms with E-state index < -0.39 is 11.7 Å². The van der Waals surface area contributed by atoms with Gasteiger partial charge in [0.25, 0.3) is 5.91 Å². The van der Waals surface area contributed by atoms with Crippen LogP contribution in [0.25, 0.3) is 0 Å². The van der Waals surface area contributed by atoms with Crippen molar-refractivity contribution < 1.29 is 13.9 Å². The number of nitrogens with one attached hydrogen (secondary N) is 1. The Hall–Kier alpha value is -2.37. The zero-order valence-corrected chi connectivity index (χ0v) is 10.7. The van der Waals surface area contributed by atoms with Crippen LogP contribution in [0.1, 0.15) is 16.1 Å². The Labute approximate surface area is 110 Å². The van der Waals surface area contributed by atoms with Crippen molar-refractivity contribution in [3.05, 3.63) is 47.5 Å². The third-order valence-electron chi connectivity index (χ3n) is 2.62. The molecular weight excluding hydrogens is 249 g/mol. The molecule has 0 unspecified atom stereocenters. The van der Waals surface area contributed by atoms with Crippen molar-refractivity contribution in [2.45, 2.75) is 6.54 Å². The van der Waals surface area contributed by atoms with Gasteiger partial charge >= 0.3 is 0 Å². The molecule has 1 heterocycles. The Morgan fingerprint density at radius 2 is 2.26 bits per heavy atom. The van der Waals surface area contributed by atoms with E-state index in [2.05, 4.69) is 10.4 Å². The van der Waals surface area contributed by atoms with Gasteiger partial charge in [-0.1, -0.05) is 0 Å². The highest BCUT2D eigenvalue weighted by Crippen LogP contribution is 2.16. The van der Waals surface area contributed by atoms with Gasteiger partial charge in [-0.3, -0.25) is 9.48 Å². The van der Waals surface area contributed by atoms with E-state index in [-0.39, 0.29) is 12.1 Å². The molecule has 6 heteroatoms. The molecule has 1 N–H and O–H groups in total. The second kappa shape index (κ2) is 5.51. The second-order valence-corrected chi connectivity index (χ2v) is 4.01. The van der Waals surface area contributed by atoms with Crippen LogP contribution in [0.5, 0.6) is 5.75 Å². The SMILES string of the molecule is COc1ccc(C(=O)NCc2ccn(C)n2)c(F)c1. The van der Waals surface area contributed by atoms with E-state index in [9.17, 15) is 9.18 Å². The molecule has 0 saturated carbocycles. The molecule has 19 heavy (non-hydrogen) atoms. The van der Waals surface area contributed by atoms with E-state index in [4.69, 9.17) is 4.74 Å². The van der Waals surface area contributed by atoms with Crippen molar-refractivity contribution in [3.63, 3.8) is 0 Å². The first kappa shape index (κ1) is 13.1. The minimum absolute atomic E-state index is 0.0169. The van der Waals surface area contributed by atoms with Crippen LogP contribution < -0.4 is 10.1 Å². The third kappa shape index (κ3) is 3.09. The highest BCUT2D eigenvalue weighted by Gasteiger charge is 2.12. The molecule has 0 saturated heterocycles. The Balaban J connectivity index is 2.03. The third-order valence-corrected chi connectivity index (χ3v) is 2.62. The molecule has 0 aliphatic heterocycles. The van der Waals surface area contributed by atoms with E-state index in [1.165, 1.54) is 19.2 Å². The quantitative estimate of drug-likeness (QED) is 0.909. The minimum Gasteiger partial charge on any atom is -0.497 e. The molecular formula is C13H14FN3O2. The molecule has 1 aromatic carbocycles. The molecule has 0 spiro atoms. The standard InChI is InChI=1S/C13H14FN3O2/c1-17-6-5-9(16-17)8-15-13(18)11-4-3-10(19-2)7-12(11)14/h3-7H,8H2,1-2H3,(H,15,18). The zero-order chi connectivity index (χ0) is 13.8. The Kier molecular flexibility index (Phi) is 3.79. The summed E-state index contributed by atoms with van der Waals surface area (Å²) in [6.07, 6.45) is 1.77. The number of hydrogen-bond acceptors (Lipinski definition) is 3. The number of carbonyl (C=O) groups excluding carboxylic acids is 1. The first-order valence-corrected chi connectivity index (χ1v) is 5.70. The van der Waals surface area contributed by atoms with Crippen LogP contribution in [-0.2, 0) is 13.6 Å². The monoisotopic (exact) mass is 263 g/mol.